The molecule has 0 saturated carbocycles. The largest absolute Gasteiger partial charge is 0.493 e. The zero-order valence-corrected chi connectivity index (χ0v) is 14.2. The fraction of sp³-hybridized carbons (Fsp3) is 0.294. The van der Waals surface area contributed by atoms with Gasteiger partial charge >= 0.3 is 6.18 Å². The monoisotopic (exact) mass is 388 g/mol. The second-order valence-electron chi connectivity index (χ2n) is 5.06. The minimum atomic E-state index is -4.45. The van der Waals surface area contributed by atoms with Gasteiger partial charge in [0.15, 0.2) is 0 Å². The second kappa shape index (κ2) is 6.93. The van der Waals surface area contributed by atoms with Crippen LogP contribution in [0.25, 0.3) is 0 Å². The molecule has 2 rings (SSSR count). The van der Waals surface area contributed by atoms with Crippen LogP contribution in [0.15, 0.2) is 40.9 Å². The number of halogens is 4. The minimum Gasteiger partial charge on any atom is -0.493 e. The van der Waals surface area contributed by atoms with Gasteiger partial charge in [-0.3, -0.25) is 0 Å². The van der Waals surface area contributed by atoms with Crippen LogP contribution in [0.2, 0.25) is 0 Å². The van der Waals surface area contributed by atoms with Crippen molar-refractivity contribution >= 4 is 15.9 Å². The molecule has 6 heteroatoms. The Hall–Kier alpha value is -1.53. The molecule has 0 aliphatic carbocycles. The molecule has 0 aromatic heterocycles. The standard InChI is InChI=1S/C17H16BrF3O2/c1-3-23-14-6-4-5-12(15(14)18)16(22)13-9-11(17(19,20)21)8-7-10(13)2/h4-9,16,22H,3H2,1-2H3. The van der Waals surface area contributed by atoms with Crippen LogP contribution >= 0.6 is 15.9 Å². The molecule has 0 aliphatic rings. The SMILES string of the molecule is CCOc1cccc(C(O)c2cc(C(F)(F)F)ccc2C)c1Br. The average molecular weight is 389 g/mol. The highest BCUT2D eigenvalue weighted by atomic mass is 79.9. The van der Waals surface area contributed by atoms with Gasteiger partial charge in [-0.05, 0) is 59.1 Å². The van der Waals surface area contributed by atoms with E-state index >= 15 is 0 Å². The topological polar surface area (TPSA) is 29.5 Å². The third-order valence-electron chi connectivity index (χ3n) is 3.49. The summed E-state index contributed by atoms with van der Waals surface area (Å²) < 4.78 is 44.7. The van der Waals surface area contributed by atoms with E-state index in [-0.39, 0.29) is 5.56 Å². The zero-order chi connectivity index (χ0) is 17.2. The molecule has 0 amide bonds. The van der Waals surface area contributed by atoms with Gasteiger partial charge in [0.05, 0.1) is 16.6 Å². The Labute approximate surface area is 141 Å². The number of hydrogen-bond donors (Lipinski definition) is 1. The lowest BCUT2D eigenvalue weighted by Crippen LogP contribution is -2.09. The molecule has 0 heterocycles. The van der Waals surface area contributed by atoms with Gasteiger partial charge in [0.1, 0.15) is 11.9 Å². The molecule has 2 nitrogen and oxygen atoms in total. The highest BCUT2D eigenvalue weighted by Gasteiger charge is 2.31. The van der Waals surface area contributed by atoms with Crippen molar-refractivity contribution in [2.45, 2.75) is 26.1 Å². The van der Waals surface area contributed by atoms with Crippen LogP contribution in [-0.2, 0) is 6.18 Å². The van der Waals surface area contributed by atoms with Crippen LogP contribution < -0.4 is 4.74 Å². The van der Waals surface area contributed by atoms with Gasteiger partial charge in [0.25, 0.3) is 0 Å². The predicted molar refractivity (Wildman–Crippen MR) is 85.6 cm³/mol. The van der Waals surface area contributed by atoms with E-state index in [1.54, 1.807) is 25.1 Å². The molecule has 2 aromatic carbocycles. The van der Waals surface area contributed by atoms with Crippen LogP contribution in [0.3, 0.4) is 0 Å². The Morgan fingerprint density at radius 2 is 1.87 bits per heavy atom. The normalized spacial score (nSPS) is 13.0. The van der Waals surface area contributed by atoms with Crippen LogP contribution in [-0.4, -0.2) is 11.7 Å². The summed E-state index contributed by atoms with van der Waals surface area (Å²) in [6.45, 7) is 3.94. The van der Waals surface area contributed by atoms with E-state index in [2.05, 4.69) is 15.9 Å². The van der Waals surface area contributed by atoms with Crippen molar-refractivity contribution in [3.05, 3.63) is 63.1 Å². The van der Waals surface area contributed by atoms with Crippen LogP contribution in [0.1, 0.15) is 35.3 Å². The maximum atomic E-state index is 12.9. The first-order valence-corrected chi connectivity index (χ1v) is 7.82. The van der Waals surface area contributed by atoms with Crippen molar-refractivity contribution in [3.63, 3.8) is 0 Å². The number of aryl methyl sites for hydroxylation is 1. The van der Waals surface area contributed by atoms with Gasteiger partial charge in [-0.25, -0.2) is 0 Å². The molecule has 1 unspecified atom stereocenters. The van der Waals surface area contributed by atoms with Gasteiger partial charge in [-0.1, -0.05) is 18.2 Å². The predicted octanol–water partition coefficient (Wildman–Crippen LogP) is 5.26. The van der Waals surface area contributed by atoms with E-state index in [9.17, 15) is 18.3 Å². The van der Waals surface area contributed by atoms with Gasteiger partial charge in [-0.2, -0.15) is 13.2 Å². The van der Waals surface area contributed by atoms with Gasteiger partial charge in [0, 0.05) is 5.56 Å². The van der Waals surface area contributed by atoms with Crippen molar-refractivity contribution in [2.75, 3.05) is 6.61 Å². The average Bonchev–Trinajstić information content (AvgIpc) is 2.48. The molecule has 0 fully saturated rings. The van der Waals surface area contributed by atoms with Crippen molar-refractivity contribution in [1.82, 2.24) is 0 Å². The zero-order valence-electron chi connectivity index (χ0n) is 12.6. The molecular formula is C17H16BrF3O2. The highest BCUT2D eigenvalue weighted by molar-refractivity contribution is 9.10. The fourth-order valence-electron chi connectivity index (χ4n) is 2.28. The lowest BCUT2D eigenvalue weighted by atomic mass is 9.95. The van der Waals surface area contributed by atoms with Crippen LogP contribution in [0.4, 0.5) is 13.2 Å². The number of aliphatic hydroxyl groups is 1. The third kappa shape index (κ3) is 3.87. The molecular weight excluding hydrogens is 373 g/mol. The summed E-state index contributed by atoms with van der Waals surface area (Å²) in [5.74, 6) is 0.536. The molecule has 2 aromatic rings. The molecule has 0 aliphatic heterocycles. The van der Waals surface area contributed by atoms with Gasteiger partial charge in [-0.15, -0.1) is 0 Å². The highest BCUT2D eigenvalue weighted by Crippen LogP contribution is 2.38. The van der Waals surface area contributed by atoms with E-state index in [0.29, 0.717) is 28.0 Å². The van der Waals surface area contributed by atoms with Crippen LogP contribution in [0, 0.1) is 6.92 Å². The van der Waals surface area contributed by atoms with Crippen molar-refractivity contribution < 1.29 is 23.0 Å². The van der Waals surface area contributed by atoms with Crippen molar-refractivity contribution in [3.8, 4) is 5.75 Å². The first-order chi connectivity index (χ1) is 10.8. The maximum absolute atomic E-state index is 12.9. The summed E-state index contributed by atoms with van der Waals surface area (Å²) in [7, 11) is 0. The van der Waals surface area contributed by atoms with Crippen molar-refractivity contribution in [1.29, 1.82) is 0 Å². The maximum Gasteiger partial charge on any atom is 0.416 e. The van der Waals surface area contributed by atoms with E-state index < -0.39 is 17.8 Å². The number of hydrogen-bond acceptors (Lipinski definition) is 2. The van der Waals surface area contributed by atoms with Crippen molar-refractivity contribution in [2.24, 2.45) is 0 Å². The van der Waals surface area contributed by atoms with Crippen LogP contribution in [0.5, 0.6) is 5.75 Å². The Morgan fingerprint density at radius 1 is 1.17 bits per heavy atom. The van der Waals surface area contributed by atoms with E-state index in [0.717, 1.165) is 12.1 Å². The lowest BCUT2D eigenvalue weighted by molar-refractivity contribution is -0.137. The number of rotatable bonds is 4. The molecule has 0 saturated heterocycles. The van der Waals surface area contributed by atoms with E-state index in [4.69, 9.17) is 4.74 Å². The molecule has 0 bridgehead atoms. The molecule has 23 heavy (non-hydrogen) atoms. The molecule has 0 spiro atoms. The molecule has 1 atom stereocenters. The summed E-state index contributed by atoms with van der Waals surface area (Å²) in [6, 6.07) is 8.43. The second-order valence-corrected chi connectivity index (χ2v) is 5.86. The lowest BCUT2D eigenvalue weighted by Gasteiger charge is -2.19. The van der Waals surface area contributed by atoms with E-state index in [1.807, 2.05) is 6.92 Å². The Bertz CT molecular complexity index is 699. The smallest absolute Gasteiger partial charge is 0.416 e. The number of alkyl halides is 3. The Morgan fingerprint density at radius 3 is 2.48 bits per heavy atom. The number of benzene rings is 2. The quantitative estimate of drug-likeness (QED) is 0.774. The Kier molecular flexibility index (Phi) is 5.37. The van der Waals surface area contributed by atoms with Gasteiger partial charge < -0.3 is 9.84 Å². The summed E-state index contributed by atoms with van der Waals surface area (Å²) in [5.41, 5.74) is 0.473. The summed E-state index contributed by atoms with van der Waals surface area (Å²) in [5, 5.41) is 10.6. The first kappa shape index (κ1) is 17.8. The molecule has 124 valence electrons. The summed E-state index contributed by atoms with van der Waals surface area (Å²) in [6.07, 6.45) is -5.64. The molecule has 0 radical (unpaired) electrons. The van der Waals surface area contributed by atoms with E-state index in [1.165, 1.54) is 6.07 Å². The number of aliphatic hydroxyl groups excluding tert-OH is 1. The first-order valence-electron chi connectivity index (χ1n) is 7.02. The summed E-state index contributed by atoms with van der Waals surface area (Å²) in [4.78, 5) is 0. The number of ether oxygens (including phenoxy) is 1. The molecule has 1 N–H and O–H groups in total. The fourth-order valence-corrected chi connectivity index (χ4v) is 2.88. The van der Waals surface area contributed by atoms with Gasteiger partial charge in [0.2, 0.25) is 0 Å². The minimum absolute atomic E-state index is 0.217. The third-order valence-corrected chi connectivity index (χ3v) is 4.34. The Balaban J connectivity index is 2.49. The summed E-state index contributed by atoms with van der Waals surface area (Å²) >= 11 is 3.36.